The first-order valence-corrected chi connectivity index (χ1v) is 8.20. The van der Waals surface area contributed by atoms with Crippen molar-refractivity contribution in [3.63, 3.8) is 0 Å². The van der Waals surface area contributed by atoms with E-state index in [1.54, 1.807) is 0 Å². The molecule has 0 aliphatic heterocycles. The predicted octanol–water partition coefficient (Wildman–Crippen LogP) is 5.41. The van der Waals surface area contributed by atoms with E-state index in [1.807, 2.05) is 0 Å². The second-order valence-corrected chi connectivity index (χ2v) is 6.08. The molecule has 0 heterocycles. The number of aryl methyl sites for hydroxylation is 2. The summed E-state index contributed by atoms with van der Waals surface area (Å²) in [4.78, 5) is 4.86. The zero-order valence-corrected chi connectivity index (χ0v) is 13.9. The van der Waals surface area contributed by atoms with Crippen molar-refractivity contribution in [1.29, 1.82) is 0 Å². The molecule has 0 radical (unpaired) electrons. The van der Waals surface area contributed by atoms with Crippen LogP contribution in [0.25, 0.3) is 0 Å². The molecule has 2 nitrogen and oxygen atoms in total. The van der Waals surface area contributed by atoms with E-state index >= 15 is 0 Å². The van der Waals surface area contributed by atoms with E-state index in [9.17, 15) is 0 Å². The van der Waals surface area contributed by atoms with Crippen LogP contribution in [-0.4, -0.2) is 12.3 Å². The third kappa shape index (κ3) is 3.96. The largest absolute Gasteiger partial charge is 0.354 e. The number of hydrogen-bond acceptors (Lipinski definition) is 2. The van der Waals surface area contributed by atoms with E-state index in [4.69, 9.17) is 4.99 Å². The third-order valence-electron chi connectivity index (χ3n) is 4.23. The van der Waals surface area contributed by atoms with Crippen LogP contribution in [0.2, 0.25) is 0 Å². The number of aliphatic imine (C=N–C) groups is 1. The Morgan fingerprint density at radius 3 is 2.48 bits per heavy atom. The molecule has 0 saturated heterocycles. The van der Waals surface area contributed by atoms with Crippen LogP contribution < -0.4 is 5.32 Å². The van der Waals surface area contributed by atoms with Crippen molar-refractivity contribution >= 4 is 11.4 Å². The third-order valence-corrected chi connectivity index (χ3v) is 4.23. The molecular weight excluding hydrogens is 256 g/mol. The van der Waals surface area contributed by atoms with Crippen LogP contribution in [0.15, 0.2) is 34.5 Å². The summed E-state index contributed by atoms with van der Waals surface area (Å²) in [5, 5.41) is 3.69. The molecule has 21 heavy (non-hydrogen) atoms. The molecule has 0 fully saturated rings. The summed E-state index contributed by atoms with van der Waals surface area (Å²) in [5.41, 5.74) is 7.84. The Morgan fingerprint density at radius 1 is 1.10 bits per heavy atom. The maximum absolute atomic E-state index is 4.86. The number of nitrogens with zero attached hydrogens (tertiary/aromatic N) is 1. The average molecular weight is 284 g/mol. The standard InChI is InChI=1S/C19H28N2/c1-5-6-13-20-17-12-8-11-16(4)19(17)21-18-14(2)9-7-10-15(18)3/h7,9-10,21H,5-6,8,11-13H2,1-4H3/b20-17+. The fraction of sp³-hybridized carbons (Fsp3) is 0.526. The highest BCUT2D eigenvalue weighted by molar-refractivity contribution is 6.04. The summed E-state index contributed by atoms with van der Waals surface area (Å²) < 4.78 is 0. The van der Waals surface area contributed by atoms with Crippen molar-refractivity contribution in [3.05, 3.63) is 40.6 Å². The van der Waals surface area contributed by atoms with Gasteiger partial charge in [0.1, 0.15) is 0 Å². The Morgan fingerprint density at radius 2 is 1.81 bits per heavy atom. The van der Waals surface area contributed by atoms with Gasteiger partial charge in [-0.2, -0.15) is 0 Å². The number of rotatable bonds is 5. The maximum Gasteiger partial charge on any atom is 0.0587 e. The van der Waals surface area contributed by atoms with E-state index in [2.05, 4.69) is 51.2 Å². The molecule has 2 rings (SSSR count). The Labute approximate surface area is 129 Å². The number of para-hydroxylation sites is 1. The number of unbranched alkanes of at least 4 members (excludes halogenated alkanes) is 1. The van der Waals surface area contributed by atoms with Crippen molar-refractivity contribution in [2.75, 3.05) is 11.9 Å². The van der Waals surface area contributed by atoms with Crippen LogP contribution in [0.3, 0.4) is 0 Å². The highest BCUT2D eigenvalue weighted by atomic mass is 14.9. The first kappa shape index (κ1) is 15.8. The van der Waals surface area contributed by atoms with Crippen LogP contribution in [0.1, 0.15) is 57.1 Å². The number of hydrogen-bond donors (Lipinski definition) is 1. The molecule has 0 spiro atoms. The van der Waals surface area contributed by atoms with Crippen LogP contribution in [0, 0.1) is 13.8 Å². The zero-order chi connectivity index (χ0) is 15.2. The average Bonchev–Trinajstić information content (AvgIpc) is 2.45. The lowest BCUT2D eigenvalue weighted by Gasteiger charge is -2.23. The van der Waals surface area contributed by atoms with Gasteiger partial charge in [0.2, 0.25) is 0 Å². The van der Waals surface area contributed by atoms with Crippen molar-refractivity contribution in [2.45, 2.75) is 59.8 Å². The van der Waals surface area contributed by atoms with E-state index in [0.717, 1.165) is 13.0 Å². The SMILES string of the molecule is CCCC/N=C1\CCCC(C)=C1Nc1c(C)cccc1C. The molecule has 114 valence electrons. The van der Waals surface area contributed by atoms with Gasteiger partial charge in [-0.1, -0.05) is 31.5 Å². The summed E-state index contributed by atoms with van der Waals surface area (Å²) in [7, 11) is 0. The lowest BCUT2D eigenvalue weighted by Crippen LogP contribution is -2.19. The normalized spacial score (nSPS) is 17.4. The molecule has 0 saturated carbocycles. The second kappa shape index (κ2) is 7.44. The minimum atomic E-state index is 0.955. The van der Waals surface area contributed by atoms with Gasteiger partial charge in [-0.25, -0.2) is 0 Å². The summed E-state index contributed by atoms with van der Waals surface area (Å²) >= 11 is 0. The second-order valence-electron chi connectivity index (χ2n) is 6.08. The molecule has 0 atom stereocenters. The van der Waals surface area contributed by atoms with E-state index in [1.165, 1.54) is 59.5 Å². The Balaban J connectivity index is 2.27. The van der Waals surface area contributed by atoms with Gasteiger partial charge in [0.15, 0.2) is 0 Å². The van der Waals surface area contributed by atoms with Gasteiger partial charge in [-0.3, -0.25) is 4.99 Å². The topological polar surface area (TPSA) is 24.4 Å². The molecule has 0 bridgehead atoms. The highest BCUT2D eigenvalue weighted by Crippen LogP contribution is 2.27. The van der Waals surface area contributed by atoms with E-state index < -0.39 is 0 Å². The first-order chi connectivity index (χ1) is 10.1. The van der Waals surface area contributed by atoms with Crippen molar-refractivity contribution in [3.8, 4) is 0 Å². The lowest BCUT2D eigenvalue weighted by molar-refractivity contribution is 0.785. The Bertz CT molecular complexity index is 532. The van der Waals surface area contributed by atoms with Crippen LogP contribution in [0.5, 0.6) is 0 Å². The van der Waals surface area contributed by atoms with Crippen molar-refractivity contribution in [2.24, 2.45) is 4.99 Å². The number of anilines is 1. The fourth-order valence-electron chi connectivity index (χ4n) is 2.86. The minimum absolute atomic E-state index is 0.955. The summed E-state index contributed by atoms with van der Waals surface area (Å²) in [5.74, 6) is 0. The monoisotopic (exact) mass is 284 g/mol. The lowest BCUT2D eigenvalue weighted by atomic mass is 9.94. The molecule has 0 amide bonds. The summed E-state index contributed by atoms with van der Waals surface area (Å²) in [6, 6.07) is 6.46. The Kier molecular flexibility index (Phi) is 5.60. The van der Waals surface area contributed by atoms with Crippen LogP contribution in [-0.2, 0) is 0 Å². The molecule has 1 N–H and O–H groups in total. The van der Waals surface area contributed by atoms with Crippen LogP contribution >= 0.6 is 0 Å². The van der Waals surface area contributed by atoms with E-state index in [0.29, 0.717) is 0 Å². The molecule has 1 aromatic rings. The number of benzene rings is 1. The first-order valence-electron chi connectivity index (χ1n) is 8.20. The highest BCUT2D eigenvalue weighted by Gasteiger charge is 2.17. The van der Waals surface area contributed by atoms with Gasteiger partial charge in [0.05, 0.1) is 11.4 Å². The molecule has 1 aliphatic carbocycles. The van der Waals surface area contributed by atoms with Gasteiger partial charge in [0.25, 0.3) is 0 Å². The smallest absolute Gasteiger partial charge is 0.0587 e. The van der Waals surface area contributed by atoms with Gasteiger partial charge >= 0.3 is 0 Å². The van der Waals surface area contributed by atoms with Gasteiger partial charge in [-0.15, -0.1) is 0 Å². The molecular formula is C19H28N2. The number of nitrogens with one attached hydrogen (secondary N) is 1. The summed E-state index contributed by atoms with van der Waals surface area (Å²) in [6.45, 7) is 9.75. The van der Waals surface area contributed by atoms with Gasteiger partial charge in [0, 0.05) is 12.2 Å². The number of allylic oxidation sites excluding steroid dienone is 2. The Hall–Kier alpha value is -1.57. The molecule has 1 aliphatic rings. The quantitative estimate of drug-likeness (QED) is 0.718. The van der Waals surface area contributed by atoms with Crippen molar-refractivity contribution in [1.82, 2.24) is 0 Å². The molecule has 0 aromatic heterocycles. The van der Waals surface area contributed by atoms with Gasteiger partial charge < -0.3 is 5.32 Å². The zero-order valence-electron chi connectivity index (χ0n) is 13.9. The summed E-state index contributed by atoms with van der Waals surface area (Å²) in [6.07, 6.45) is 5.90. The minimum Gasteiger partial charge on any atom is -0.354 e. The predicted molar refractivity (Wildman–Crippen MR) is 93.3 cm³/mol. The van der Waals surface area contributed by atoms with Crippen molar-refractivity contribution < 1.29 is 0 Å². The fourth-order valence-corrected chi connectivity index (χ4v) is 2.86. The van der Waals surface area contributed by atoms with Gasteiger partial charge in [-0.05, 0) is 63.2 Å². The van der Waals surface area contributed by atoms with E-state index in [-0.39, 0.29) is 0 Å². The molecule has 1 aromatic carbocycles. The maximum atomic E-state index is 4.86. The van der Waals surface area contributed by atoms with Crippen LogP contribution in [0.4, 0.5) is 5.69 Å². The molecule has 2 heteroatoms. The molecule has 0 unspecified atom stereocenters.